The lowest BCUT2D eigenvalue weighted by atomic mass is 9.83. The van der Waals surface area contributed by atoms with Crippen LogP contribution in [0.1, 0.15) is 45.4 Å². The van der Waals surface area contributed by atoms with Gasteiger partial charge in [0.1, 0.15) is 0 Å². The van der Waals surface area contributed by atoms with E-state index in [1.807, 2.05) is 6.92 Å². The highest BCUT2D eigenvalue weighted by atomic mass is 35.5. The van der Waals surface area contributed by atoms with Crippen molar-refractivity contribution in [3.05, 3.63) is 10.7 Å². The number of thiazole rings is 1. The third-order valence-corrected chi connectivity index (χ3v) is 6.75. The van der Waals surface area contributed by atoms with Gasteiger partial charge < -0.3 is 0 Å². The smallest absolute Gasteiger partial charge is 0.232 e. The predicted molar refractivity (Wildman–Crippen MR) is 78.1 cm³/mol. The van der Waals surface area contributed by atoms with Crippen molar-refractivity contribution >= 4 is 33.0 Å². The fraction of sp³-hybridized carbons (Fsp3) is 0.750. The number of halogens is 1. The van der Waals surface area contributed by atoms with Gasteiger partial charge in [0.15, 0.2) is 8.68 Å². The molecule has 0 saturated heterocycles. The van der Waals surface area contributed by atoms with Crippen LogP contribution in [0.4, 0.5) is 0 Å². The van der Waals surface area contributed by atoms with Gasteiger partial charge >= 0.3 is 0 Å². The highest BCUT2D eigenvalue weighted by Gasteiger charge is 2.28. The van der Waals surface area contributed by atoms with Crippen LogP contribution in [-0.2, 0) is 10.0 Å². The maximum Gasteiger partial charge on any atom is 0.251 e. The molecule has 1 unspecified atom stereocenters. The van der Waals surface area contributed by atoms with Crippen LogP contribution in [-0.4, -0.2) is 19.4 Å². The first kappa shape index (κ1) is 15.2. The lowest BCUT2D eigenvalue weighted by Crippen LogP contribution is -2.40. The first-order valence-corrected chi connectivity index (χ1v) is 9.34. The van der Waals surface area contributed by atoms with Crippen molar-refractivity contribution in [2.24, 2.45) is 5.92 Å². The standard InChI is InChI=1S/C12H19ClN2O2S2/c1-2-10(9-6-4-3-5-7-9)15-19(16,17)11-8-14-12(13)18-11/h8-10,15H,2-7H2,1H3. The van der Waals surface area contributed by atoms with E-state index in [0.29, 0.717) is 5.92 Å². The van der Waals surface area contributed by atoms with E-state index < -0.39 is 10.0 Å². The summed E-state index contributed by atoms with van der Waals surface area (Å²) in [5.74, 6) is 0.455. The molecule has 1 aromatic rings. The molecule has 19 heavy (non-hydrogen) atoms. The van der Waals surface area contributed by atoms with Crippen LogP contribution in [0.2, 0.25) is 4.47 Å². The summed E-state index contributed by atoms with van der Waals surface area (Å²) in [6.45, 7) is 2.03. The molecule has 0 amide bonds. The Morgan fingerprint density at radius 3 is 2.68 bits per heavy atom. The highest BCUT2D eigenvalue weighted by Crippen LogP contribution is 2.29. The van der Waals surface area contributed by atoms with Gasteiger partial charge in [-0.15, -0.1) is 0 Å². The summed E-state index contributed by atoms with van der Waals surface area (Å²) in [5.41, 5.74) is 0. The van der Waals surface area contributed by atoms with E-state index in [2.05, 4.69) is 9.71 Å². The Balaban J connectivity index is 2.08. The maximum absolute atomic E-state index is 12.3. The summed E-state index contributed by atoms with van der Waals surface area (Å²) in [7, 11) is -3.48. The zero-order valence-corrected chi connectivity index (χ0v) is 13.3. The zero-order valence-electron chi connectivity index (χ0n) is 10.9. The van der Waals surface area contributed by atoms with Gasteiger partial charge in [-0.1, -0.05) is 49.1 Å². The number of aromatic nitrogens is 1. The molecule has 0 aromatic carbocycles. The molecule has 0 aliphatic heterocycles. The van der Waals surface area contributed by atoms with Gasteiger partial charge in [-0.25, -0.2) is 18.1 Å². The zero-order chi connectivity index (χ0) is 13.9. The first-order valence-electron chi connectivity index (χ1n) is 6.66. The Morgan fingerprint density at radius 1 is 1.47 bits per heavy atom. The molecule has 1 aliphatic rings. The fourth-order valence-electron chi connectivity index (χ4n) is 2.67. The molecular weight excluding hydrogens is 304 g/mol. The molecule has 7 heteroatoms. The number of hydrogen-bond acceptors (Lipinski definition) is 4. The van der Waals surface area contributed by atoms with Crippen LogP contribution < -0.4 is 4.72 Å². The average Bonchev–Trinajstić information content (AvgIpc) is 2.85. The first-order chi connectivity index (χ1) is 9.03. The number of hydrogen-bond donors (Lipinski definition) is 1. The summed E-state index contributed by atoms with van der Waals surface area (Å²) in [6, 6.07) is 0.0196. The molecule has 1 atom stereocenters. The van der Waals surface area contributed by atoms with E-state index in [9.17, 15) is 8.42 Å². The summed E-state index contributed by atoms with van der Waals surface area (Å²) >= 11 is 6.70. The van der Waals surface area contributed by atoms with Crippen molar-refractivity contribution in [3.8, 4) is 0 Å². The van der Waals surface area contributed by atoms with E-state index >= 15 is 0 Å². The van der Waals surface area contributed by atoms with Crippen molar-refractivity contribution < 1.29 is 8.42 Å². The average molecular weight is 323 g/mol. The maximum atomic E-state index is 12.3. The van der Waals surface area contributed by atoms with Crippen LogP contribution in [0.25, 0.3) is 0 Å². The molecule has 1 fully saturated rings. The Kier molecular flexibility index (Phi) is 5.22. The van der Waals surface area contributed by atoms with Gasteiger partial charge in [0.05, 0.1) is 6.20 Å². The normalized spacial score (nSPS) is 19.5. The molecule has 1 aromatic heterocycles. The number of nitrogens with zero attached hydrogens (tertiary/aromatic N) is 1. The molecule has 1 saturated carbocycles. The Morgan fingerprint density at radius 2 is 2.16 bits per heavy atom. The van der Waals surface area contributed by atoms with E-state index in [-0.39, 0.29) is 14.7 Å². The molecular formula is C12H19ClN2O2S2. The van der Waals surface area contributed by atoms with Crippen molar-refractivity contribution in [3.63, 3.8) is 0 Å². The monoisotopic (exact) mass is 322 g/mol. The molecule has 0 radical (unpaired) electrons. The molecule has 0 bridgehead atoms. The van der Waals surface area contributed by atoms with Gasteiger partial charge in [-0.3, -0.25) is 0 Å². The largest absolute Gasteiger partial charge is 0.251 e. The Labute approximate surface area is 123 Å². The minimum absolute atomic E-state index is 0.0196. The van der Waals surface area contributed by atoms with Gasteiger partial charge in [-0.05, 0) is 25.2 Å². The van der Waals surface area contributed by atoms with Crippen LogP contribution in [0.5, 0.6) is 0 Å². The van der Waals surface area contributed by atoms with Gasteiger partial charge in [-0.2, -0.15) is 0 Å². The second kappa shape index (κ2) is 6.52. The van der Waals surface area contributed by atoms with Gasteiger partial charge in [0.2, 0.25) is 0 Å². The lowest BCUT2D eigenvalue weighted by molar-refractivity contribution is 0.285. The second-order valence-electron chi connectivity index (χ2n) is 4.97. The van der Waals surface area contributed by atoms with Crippen molar-refractivity contribution in [1.82, 2.24) is 9.71 Å². The Hall–Kier alpha value is -0.170. The van der Waals surface area contributed by atoms with E-state index in [0.717, 1.165) is 30.6 Å². The fourth-order valence-corrected chi connectivity index (χ4v) is 5.37. The number of rotatable bonds is 5. The number of nitrogens with one attached hydrogen (secondary N) is 1. The van der Waals surface area contributed by atoms with Gasteiger partial charge in [0, 0.05) is 6.04 Å². The van der Waals surface area contributed by atoms with Crippen molar-refractivity contribution in [1.29, 1.82) is 0 Å². The van der Waals surface area contributed by atoms with E-state index in [4.69, 9.17) is 11.6 Å². The molecule has 108 valence electrons. The van der Waals surface area contributed by atoms with Crippen molar-refractivity contribution in [2.75, 3.05) is 0 Å². The quantitative estimate of drug-likeness (QED) is 0.903. The van der Waals surface area contributed by atoms with Crippen LogP contribution in [0, 0.1) is 5.92 Å². The molecule has 1 aliphatic carbocycles. The third kappa shape index (κ3) is 3.90. The molecule has 2 rings (SSSR count). The third-order valence-electron chi connectivity index (χ3n) is 3.69. The molecule has 4 nitrogen and oxygen atoms in total. The molecule has 0 spiro atoms. The van der Waals surface area contributed by atoms with Crippen LogP contribution in [0.3, 0.4) is 0 Å². The Bertz CT molecular complexity index is 510. The SMILES string of the molecule is CCC(NS(=O)(=O)c1cnc(Cl)s1)C1CCCCC1. The lowest BCUT2D eigenvalue weighted by Gasteiger charge is -2.29. The molecule has 1 heterocycles. The second-order valence-corrected chi connectivity index (χ2v) is 8.52. The summed E-state index contributed by atoms with van der Waals surface area (Å²) < 4.78 is 27.8. The topological polar surface area (TPSA) is 59.1 Å². The van der Waals surface area contributed by atoms with E-state index in [1.54, 1.807) is 0 Å². The van der Waals surface area contributed by atoms with Crippen LogP contribution in [0.15, 0.2) is 10.4 Å². The molecule has 1 N–H and O–H groups in total. The highest BCUT2D eigenvalue weighted by molar-refractivity contribution is 7.91. The van der Waals surface area contributed by atoms with E-state index in [1.165, 1.54) is 25.5 Å². The minimum atomic E-state index is -3.48. The minimum Gasteiger partial charge on any atom is -0.232 e. The summed E-state index contributed by atoms with van der Waals surface area (Å²) in [6.07, 6.45) is 8.04. The number of sulfonamides is 1. The predicted octanol–water partition coefficient (Wildman–Crippen LogP) is 3.43. The summed E-state index contributed by atoms with van der Waals surface area (Å²) in [4.78, 5) is 3.79. The van der Waals surface area contributed by atoms with Gasteiger partial charge in [0.25, 0.3) is 10.0 Å². The van der Waals surface area contributed by atoms with Crippen LogP contribution >= 0.6 is 22.9 Å². The summed E-state index contributed by atoms with van der Waals surface area (Å²) in [5, 5.41) is 0. The van der Waals surface area contributed by atoms with Crippen molar-refractivity contribution in [2.45, 2.75) is 55.7 Å².